The molecule has 3 N–H and O–H groups in total. The predicted octanol–water partition coefficient (Wildman–Crippen LogP) is 5.05. The molecule has 4 heteroatoms. The van der Waals surface area contributed by atoms with Gasteiger partial charge < -0.3 is 15.3 Å². The molecular weight excluding hydrogens is 304 g/mol. The third-order valence-electron chi connectivity index (χ3n) is 4.63. The van der Waals surface area contributed by atoms with E-state index in [0.29, 0.717) is 19.3 Å². The maximum atomic E-state index is 10.4. The fraction of sp³-hybridized carbons (Fsp3) is 0.950. The molecule has 0 saturated carbocycles. The molecular formula is C20H40O4. The van der Waals surface area contributed by atoms with Gasteiger partial charge in [-0.05, 0) is 25.7 Å². The molecule has 0 aromatic heterocycles. The quantitative estimate of drug-likeness (QED) is 0.304. The lowest BCUT2D eigenvalue weighted by molar-refractivity contribution is -0.139. The van der Waals surface area contributed by atoms with Crippen LogP contribution >= 0.6 is 0 Å². The summed E-state index contributed by atoms with van der Waals surface area (Å²) in [5.41, 5.74) is 0. The van der Waals surface area contributed by atoms with Crippen molar-refractivity contribution in [3.8, 4) is 0 Å². The van der Waals surface area contributed by atoms with Gasteiger partial charge in [-0.3, -0.25) is 4.79 Å². The minimum atomic E-state index is -0.969. The van der Waals surface area contributed by atoms with Crippen LogP contribution in [0.4, 0.5) is 0 Å². The van der Waals surface area contributed by atoms with E-state index in [-0.39, 0.29) is 12.5 Å². The van der Waals surface area contributed by atoms with Gasteiger partial charge in [-0.25, -0.2) is 0 Å². The Morgan fingerprint density at radius 1 is 0.667 bits per heavy atom. The average Bonchev–Trinajstić information content (AvgIpc) is 2.52. The molecule has 144 valence electrons. The van der Waals surface area contributed by atoms with Crippen LogP contribution < -0.4 is 0 Å². The standard InChI is InChI=1S/C20H40O4/c1-2-3-4-5-6-7-8-9-10-11-12-14-18(21)15-13-16-19(22)17-20(23)24/h18-19,21-22H,2-17H2,1H3,(H,23,24). The van der Waals surface area contributed by atoms with Crippen LogP contribution in [0.3, 0.4) is 0 Å². The number of hydrogen-bond donors (Lipinski definition) is 3. The Balaban J connectivity index is 3.25. The number of aliphatic hydroxyl groups is 2. The Morgan fingerprint density at radius 2 is 1.08 bits per heavy atom. The summed E-state index contributed by atoms with van der Waals surface area (Å²) in [6, 6.07) is 0. The minimum Gasteiger partial charge on any atom is -0.481 e. The molecule has 0 amide bonds. The first-order valence-electron chi connectivity index (χ1n) is 10.1. The molecule has 4 nitrogen and oxygen atoms in total. The van der Waals surface area contributed by atoms with Gasteiger partial charge in [0.15, 0.2) is 0 Å². The van der Waals surface area contributed by atoms with Crippen molar-refractivity contribution >= 4 is 5.97 Å². The number of carbonyl (C=O) groups is 1. The predicted molar refractivity (Wildman–Crippen MR) is 99.2 cm³/mol. The lowest BCUT2D eigenvalue weighted by Gasteiger charge is -2.12. The average molecular weight is 345 g/mol. The lowest BCUT2D eigenvalue weighted by atomic mass is 10.0. The van der Waals surface area contributed by atoms with Gasteiger partial charge in [-0.1, -0.05) is 77.6 Å². The zero-order valence-corrected chi connectivity index (χ0v) is 15.7. The fourth-order valence-corrected chi connectivity index (χ4v) is 3.08. The van der Waals surface area contributed by atoms with Gasteiger partial charge >= 0.3 is 5.97 Å². The number of carboxylic acid groups (broad SMARTS) is 1. The Bertz CT molecular complexity index is 281. The van der Waals surface area contributed by atoms with Crippen molar-refractivity contribution < 1.29 is 20.1 Å². The normalized spacial score (nSPS) is 13.8. The summed E-state index contributed by atoms with van der Waals surface area (Å²) in [5, 5.41) is 27.9. The molecule has 0 aromatic rings. The van der Waals surface area contributed by atoms with Crippen LogP contribution in [0.15, 0.2) is 0 Å². The first-order valence-corrected chi connectivity index (χ1v) is 10.1. The monoisotopic (exact) mass is 344 g/mol. The van der Waals surface area contributed by atoms with Gasteiger partial charge in [0.05, 0.1) is 18.6 Å². The van der Waals surface area contributed by atoms with Gasteiger partial charge in [-0.15, -0.1) is 0 Å². The summed E-state index contributed by atoms with van der Waals surface area (Å²) in [4.78, 5) is 10.4. The van der Waals surface area contributed by atoms with Gasteiger partial charge in [-0.2, -0.15) is 0 Å². The third kappa shape index (κ3) is 17.7. The van der Waals surface area contributed by atoms with E-state index < -0.39 is 12.1 Å². The summed E-state index contributed by atoms with van der Waals surface area (Å²) in [6.45, 7) is 2.25. The van der Waals surface area contributed by atoms with Gasteiger partial charge in [0.2, 0.25) is 0 Å². The molecule has 0 aliphatic carbocycles. The van der Waals surface area contributed by atoms with Crippen molar-refractivity contribution in [2.75, 3.05) is 0 Å². The molecule has 0 radical (unpaired) electrons. The smallest absolute Gasteiger partial charge is 0.305 e. The van der Waals surface area contributed by atoms with Crippen LogP contribution in [-0.4, -0.2) is 33.5 Å². The van der Waals surface area contributed by atoms with E-state index >= 15 is 0 Å². The first-order chi connectivity index (χ1) is 11.6. The fourth-order valence-electron chi connectivity index (χ4n) is 3.08. The van der Waals surface area contributed by atoms with Gasteiger partial charge in [0.25, 0.3) is 0 Å². The van der Waals surface area contributed by atoms with E-state index in [1.807, 2.05) is 0 Å². The molecule has 24 heavy (non-hydrogen) atoms. The topological polar surface area (TPSA) is 77.8 Å². The Labute approximate surface area is 148 Å². The Kier molecular flexibility index (Phi) is 16.8. The van der Waals surface area contributed by atoms with Crippen LogP contribution in [0, 0.1) is 0 Å². The summed E-state index contributed by atoms with van der Waals surface area (Å²) >= 11 is 0. The van der Waals surface area contributed by atoms with Gasteiger partial charge in [0.1, 0.15) is 0 Å². The van der Waals surface area contributed by atoms with Crippen LogP contribution in [0.5, 0.6) is 0 Å². The maximum Gasteiger partial charge on any atom is 0.305 e. The summed E-state index contributed by atoms with van der Waals surface area (Å²) in [7, 11) is 0. The molecule has 0 rings (SSSR count). The van der Waals surface area contributed by atoms with Crippen molar-refractivity contribution in [3.63, 3.8) is 0 Å². The molecule has 0 bridgehead atoms. The maximum absolute atomic E-state index is 10.4. The second-order valence-corrected chi connectivity index (χ2v) is 7.16. The molecule has 2 unspecified atom stereocenters. The highest BCUT2D eigenvalue weighted by Gasteiger charge is 2.10. The second-order valence-electron chi connectivity index (χ2n) is 7.16. The number of hydrogen-bond acceptors (Lipinski definition) is 3. The zero-order chi connectivity index (χ0) is 18.0. The highest BCUT2D eigenvalue weighted by molar-refractivity contribution is 5.67. The van der Waals surface area contributed by atoms with E-state index in [4.69, 9.17) is 5.11 Å². The highest BCUT2D eigenvalue weighted by Crippen LogP contribution is 2.15. The Morgan fingerprint density at radius 3 is 1.58 bits per heavy atom. The molecule has 0 spiro atoms. The summed E-state index contributed by atoms with van der Waals surface area (Å²) < 4.78 is 0. The molecule has 0 aromatic carbocycles. The van der Waals surface area contributed by atoms with Crippen molar-refractivity contribution in [2.24, 2.45) is 0 Å². The number of carboxylic acids is 1. The zero-order valence-electron chi connectivity index (χ0n) is 15.7. The van der Waals surface area contributed by atoms with Crippen molar-refractivity contribution in [1.82, 2.24) is 0 Å². The summed E-state index contributed by atoms with van der Waals surface area (Å²) in [6.07, 6.45) is 15.7. The number of rotatable bonds is 18. The van der Waals surface area contributed by atoms with E-state index in [9.17, 15) is 15.0 Å². The van der Waals surface area contributed by atoms with Crippen molar-refractivity contribution in [2.45, 2.75) is 122 Å². The van der Waals surface area contributed by atoms with E-state index in [1.54, 1.807) is 0 Å². The lowest BCUT2D eigenvalue weighted by Crippen LogP contribution is -2.14. The van der Waals surface area contributed by atoms with E-state index in [0.717, 1.165) is 12.8 Å². The number of aliphatic hydroxyl groups excluding tert-OH is 2. The van der Waals surface area contributed by atoms with Crippen molar-refractivity contribution in [1.29, 1.82) is 0 Å². The number of unbranched alkanes of at least 4 members (excludes halogenated alkanes) is 10. The van der Waals surface area contributed by atoms with Gasteiger partial charge in [0, 0.05) is 0 Å². The van der Waals surface area contributed by atoms with Crippen LogP contribution in [0.25, 0.3) is 0 Å². The molecule has 2 atom stereocenters. The molecule has 0 aliphatic rings. The summed E-state index contributed by atoms with van der Waals surface area (Å²) in [5.74, 6) is -0.969. The first kappa shape index (κ1) is 23.4. The second kappa shape index (κ2) is 17.2. The minimum absolute atomic E-state index is 0.200. The highest BCUT2D eigenvalue weighted by atomic mass is 16.4. The molecule has 0 aliphatic heterocycles. The SMILES string of the molecule is CCCCCCCCCCCCCC(O)CCCC(O)CC(=O)O. The van der Waals surface area contributed by atoms with Crippen LogP contribution in [0.2, 0.25) is 0 Å². The number of aliphatic carboxylic acids is 1. The van der Waals surface area contributed by atoms with Crippen molar-refractivity contribution in [3.05, 3.63) is 0 Å². The molecule has 0 fully saturated rings. The van der Waals surface area contributed by atoms with Crippen LogP contribution in [-0.2, 0) is 4.79 Å². The third-order valence-corrected chi connectivity index (χ3v) is 4.63. The Hall–Kier alpha value is -0.610. The van der Waals surface area contributed by atoms with E-state index in [1.165, 1.54) is 64.2 Å². The molecule has 0 saturated heterocycles. The largest absolute Gasteiger partial charge is 0.481 e. The van der Waals surface area contributed by atoms with Crippen LogP contribution in [0.1, 0.15) is 110 Å². The van der Waals surface area contributed by atoms with E-state index in [2.05, 4.69) is 6.92 Å². The molecule has 0 heterocycles.